The van der Waals surface area contributed by atoms with Crippen LogP contribution >= 0.6 is 22.7 Å². The first-order valence-corrected chi connectivity index (χ1v) is 8.13. The topological polar surface area (TPSA) is 42.0 Å². The van der Waals surface area contributed by atoms with Crippen LogP contribution in [0.3, 0.4) is 0 Å². The van der Waals surface area contributed by atoms with Crippen LogP contribution in [-0.2, 0) is 24.2 Å². The lowest BCUT2D eigenvalue weighted by Gasteiger charge is -2.02. The third kappa shape index (κ3) is 4.14. The van der Waals surface area contributed by atoms with Gasteiger partial charge in [0.25, 0.3) is 0 Å². The minimum atomic E-state index is 0.0762. The van der Waals surface area contributed by atoms with Gasteiger partial charge in [-0.05, 0) is 31.2 Å². The van der Waals surface area contributed by atoms with Crippen molar-refractivity contribution < 1.29 is 4.79 Å². The zero-order valence-corrected chi connectivity index (χ0v) is 12.9. The van der Waals surface area contributed by atoms with Crippen LogP contribution in [0.5, 0.6) is 0 Å². The van der Waals surface area contributed by atoms with E-state index in [1.807, 2.05) is 24.4 Å². The van der Waals surface area contributed by atoms with E-state index in [0.717, 1.165) is 23.4 Å². The molecule has 0 aliphatic carbocycles. The molecule has 2 rings (SSSR count). The number of carbonyl (C=O) groups excluding carboxylic acids is 1. The first kappa shape index (κ1) is 14.2. The monoisotopic (exact) mass is 294 g/mol. The molecule has 0 bridgehead atoms. The standard InChI is InChI=1S/C14H18N2OS2/c1-3-5-14-16-10(2)12(19-14)9-15-13(17)8-11-6-4-7-18-11/h4,6-7H,3,5,8-9H2,1-2H3,(H,15,17). The van der Waals surface area contributed by atoms with Gasteiger partial charge in [-0.2, -0.15) is 0 Å². The van der Waals surface area contributed by atoms with E-state index in [1.54, 1.807) is 22.7 Å². The molecule has 102 valence electrons. The van der Waals surface area contributed by atoms with Gasteiger partial charge in [0.05, 0.1) is 23.7 Å². The van der Waals surface area contributed by atoms with E-state index in [2.05, 4.69) is 17.2 Å². The van der Waals surface area contributed by atoms with Crippen molar-refractivity contribution in [3.8, 4) is 0 Å². The van der Waals surface area contributed by atoms with Crippen molar-refractivity contribution in [2.75, 3.05) is 0 Å². The fourth-order valence-electron chi connectivity index (χ4n) is 1.79. The highest BCUT2D eigenvalue weighted by molar-refractivity contribution is 7.11. The zero-order valence-electron chi connectivity index (χ0n) is 11.2. The van der Waals surface area contributed by atoms with Gasteiger partial charge in [0.1, 0.15) is 0 Å². The Morgan fingerprint density at radius 1 is 1.47 bits per heavy atom. The second kappa shape index (κ2) is 6.82. The van der Waals surface area contributed by atoms with Crippen LogP contribution in [0, 0.1) is 6.92 Å². The Bertz CT molecular complexity index is 532. The Balaban J connectivity index is 1.86. The van der Waals surface area contributed by atoms with Gasteiger partial charge in [0, 0.05) is 9.75 Å². The summed E-state index contributed by atoms with van der Waals surface area (Å²) in [7, 11) is 0. The van der Waals surface area contributed by atoms with E-state index in [-0.39, 0.29) is 5.91 Å². The summed E-state index contributed by atoms with van der Waals surface area (Å²) >= 11 is 3.33. The summed E-state index contributed by atoms with van der Waals surface area (Å²) in [4.78, 5) is 18.6. The van der Waals surface area contributed by atoms with Crippen molar-refractivity contribution in [3.63, 3.8) is 0 Å². The highest BCUT2D eigenvalue weighted by Crippen LogP contribution is 2.19. The van der Waals surface area contributed by atoms with Gasteiger partial charge >= 0.3 is 0 Å². The highest BCUT2D eigenvalue weighted by atomic mass is 32.1. The van der Waals surface area contributed by atoms with Crippen LogP contribution < -0.4 is 5.32 Å². The molecule has 0 fully saturated rings. The average Bonchev–Trinajstić information content (AvgIpc) is 2.97. The van der Waals surface area contributed by atoms with Gasteiger partial charge in [-0.25, -0.2) is 4.98 Å². The van der Waals surface area contributed by atoms with Crippen molar-refractivity contribution in [3.05, 3.63) is 38.0 Å². The predicted octanol–water partition coefficient (Wildman–Crippen LogP) is 3.32. The number of carbonyl (C=O) groups is 1. The number of thiophene rings is 1. The maximum Gasteiger partial charge on any atom is 0.225 e. The molecule has 2 aromatic rings. The molecular formula is C14H18N2OS2. The van der Waals surface area contributed by atoms with E-state index < -0.39 is 0 Å². The molecule has 19 heavy (non-hydrogen) atoms. The molecule has 1 amide bonds. The second-order valence-electron chi connectivity index (χ2n) is 4.40. The molecule has 5 heteroatoms. The van der Waals surface area contributed by atoms with Gasteiger partial charge in [-0.1, -0.05) is 13.0 Å². The summed E-state index contributed by atoms with van der Waals surface area (Å²) in [5, 5.41) is 6.13. The highest BCUT2D eigenvalue weighted by Gasteiger charge is 2.09. The summed E-state index contributed by atoms with van der Waals surface area (Å²) in [6.07, 6.45) is 2.60. The van der Waals surface area contributed by atoms with Gasteiger partial charge in [0.2, 0.25) is 5.91 Å². The molecule has 0 aliphatic heterocycles. The Morgan fingerprint density at radius 2 is 2.32 bits per heavy atom. The molecule has 2 heterocycles. The van der Waals surface area contributed by atoms with Crippen molar-refractivity contribution in [1.82, 2.24) is 10.3 Å². The van der Waals surface area contributed by atoms with Crippen LogP contribution in [0.4, 0.5) is 0 Å². The molecule has 0 radical (unpaired) electrons. The molecule has 0 spiro atoms. The van der Waals surface area contributed by atoms with Gasteiger partial charge < -0.3 is 5.32 Å². The first-order valence-electron chi connectivity index (χ1n) is 6.43. The lowest BCUT2D eigenvalue weighted by Crippen LogP contribution is -2.24. The summed E-state index contributed by atoms with van der Waals surface area (Å²) in [5.74, 6) is 0.0762. The number of aromatic nitrogens is 1. The number of amides is 1. The minimum absolute atomic E-state index is 0.0762. The molecule has 1 N–H and O–H groups in total. The van der Waals surface area contributed by atoms with Gasteiger partial charge in [-0.3, -0.25) is 4.79 Å². The first-order chi connectivity index (χ1) is 9.19. The summed E-state index contributed by atoms with van der Waals surface area (Å²) in [6, 6.07) is 3.96. The van der Waals surface area contributed by atoms with E-state index in [4.69, 9.17) is 0 Å². The third-order valence-electron chi connectivity index (χ3n) is 2.76. The smallest absolute Gasteiger partial charge is 0.225 e. The largest absolute Gasteiger partial charge is 0.351 e. The van der Waals surface area contributed by atoms with Crippen molar-refractivity contribution in [2.24, 2.45) is 0 Å². The van der Waals surface area contributed by atoms with Crippen LogP contribution in [0.15, 0.2) is 17.5 Å². The van der Waals surface area contributed by atoms with E-state index in [0.29, 0.717) is 13.0 Å². The van der Waals surface area contributed by atoms with Gasteiger partial charge in [-0.15, -0.1) is 22.7 Å². The SMILES string of the molecule is CCCc1nc(C)c(CNC(=O)Cc2cccs2)s1. The maximum absolute atomic E-state index is 11.8. The third-order valence-corrected chi connectivity index (χ3v) is 4.86. The second-order valence-corrected chi connectivity index (χ2v) is 6.60. The predicted molar refractivity (Wildman–Crippen MR) is 80.7 cm³/mol. The van der Waals surface area contributed by atoms with Crippen LogP contribution in [-0.4, -0.2) is 10.9 Å². The fraction of sp³-hybridized carbons (Fsp3) is 0.429. The number of aryl methyl sites for hydroxylation is 2. The van der Waals surface area contributed by atoms with E-state index in [9.17, 15) is 4.79 Å². The molecule has 0 saturated heterocycles. The maximum atomic E-state index is 11.8. The molecular weight excluding hydrogens is 276 g/mol. The lowest BCUT2D eigenvalue weighted by atomic mass is 10.3. The van der Waals surface area contributed by atoms with E-state index >= 15 is 0 Å². The Kier molecular flexibility index (Phi) is 5.10. The average molecular weight is 294 g/mol. The molecule has 2 aromatic heterocycles. The summed E-state index contributed by atoms with van der Waals surface area (Å²) < 4.78 is 0. The molecule has 0 aromatic carbocycles. The lowest BCUT2D eigenvalue weighted by molar-refractivity contribution is -0.120. The Morgan fingerprint density at radius 3 is 3.00 bits per heavy atom. The van der Waals surface area contributed by atoms with Crippen LogP contribution in [0.2, 0.25) is 0 Å². The molecule has 0 atom stereocenters. The fourth-order valence-corrected chi connectivity index (χ4v) is 3.60. The minimum Gasteiger partial charge on any atom is -0.351 e. The van der Waals surface area contributed by atoms with Crippen molar-refractivity contribution >= 4 is 28.6 Å². The van der Waals surface area contributed by atoms with Crippen LogP contribution in [0.25, 0.3) is 0 Å². The molecule has 0 aliphatic rings. The quantitative estimate of drug-likeness (QED) is 0.888. The zero-order chi connectivity index (χ0) is 13.7. The number of nitrogens with zero attached hydrogens (tertiary/aromatic N) is 1. The number of hydrogen-bond donors (Lipinski definition) is 1. The summed E-state index contributed by atoms with van der Waals surface area (Å²) in [5.41, 5.74) is 1.05. The van der Waals surface area contributed by atoms with Crippen molar-refractivity contribution in [1.29, 1.82) is 0 Å². The van der Waals surface area contributed by atoms with Crippen molar-refractivity contribution in [2.45, 2.75) is 39.7 Å². The van der Waals surface area contributed by atoms with E-state index in [1.165, 1.54) is 9.88 Å². The van der Waals surface area contributed by atoms with Gasteiger partial charge in [0.15, 0.2) is 0 Å². The number of rotatable bonds is 6. The molecule has 0 unspecified atom stereocenters. The Labute approximate surface area is 121 Å². The molecule has 0 saturated carbocycles. The molecule has 3 nitrogen and oxygen atoms in total. The number of thiazole rings is 1. The Hall–Kier alpha value is -1.20. The number of hydrogen-bond acceptors (Lipinski definition) is 4. The normalized spacial score (nSPS) is 10.6. The number of nitrogens with one attached hydrogen (secondary N) is 1. The summed E-state index contributed by atoms with van der Waals surface area (Å²) in [6.45, 7) is 4.76. The van der Waals surface area contributed by atoms with Crippen LogP contribution in [0.1, 0.15) is 33.8 Å².